The average Bonchev–Trinajstić information content (AvgIpc) is 2.90. The summed E-state index contributed by atoms with van der Waals surface area (Å²) in [5, 5.41) is 14.2. The zero-order valence-electron chi connectivity index (χ0n) is 10.9. The van der Waals surface area contributed by atoms with Gasteiger partial charge in [0.2, 0.25) is 0 Å². The Morgan fingerprint density at radius 3 is 2.67 bits per heavy atom. The summed E-state index contributed by atoms with van der Waals surface area (Å²) in [4.78, 5) is 0. The van der Waals surface area contributed by atoms with Crippen LogP contribution >= 0.6 is 11.6 Å². The van der Waals surface area contributed by atoms with Crippen LogP contribution in [0.15, 0.2) is 24.3 Å². The molecule has 1 saturated carbocycles. The number of hydrogen-bond acceptors (Lipinski definition) is 2. The zero-order chi connectivity index (χ0) is 13.0. The normalized spacial score (nSPS) is 19.9. The fourth-order valence-corrected chi connectivity index (χ4v) is 3.04. The standard InChI is InChI=1S/C15H22ClNO/c1-11(12-6-2-3-7-12)17-10-15(18)13-8-4-5-9-14(13)16/h4-5,8-9,11-12,15,17-18H,2-3,6-7,10H2,1H3/t11-,15?/m1/s1. The molecule has 0 aromatic heterocycles. The lowest BCUT2D eigenvalue weighted by Gasteiger charge is -2.22. The molecular formula is C15H22ClNO. The molecule has 0 saturated heterocycles. The van der Waals surface area contributed by atoms with Crippen LogP contribution in [0.4, 0.5) is 0 Å². The Morgan fingerprint density at radius 2 is 2.00 bits per heavy atom. The largest absolute Gasteiger partial charge is 0.387 e. The first-order valence-corrected chi connectivity index (χ1v) is 7.22. The Kier molecular flexibility index (Phi) is 5.04. The van der Waals surface area contributed by atoms with Gasteiger partial charge < -0.3 is 10.4 Å². The maximum Gasteiger partial charge on any atom is 0.0928 e. The van der Waals surface area contributed by atoms with Crippen molar-refractivity contribution in [1.82, 2.24) is 5.32 Å². The van der Waals surface area contributed by atoms with E-state index in [-0.39, 0.29) is 0 Å². The highest BCUT2D eigenvalue weighted by molar-refractivity contribution is 6.31. The van der Waals surface area contributed by atoms with Gasteiger partial charge in [-0.25, -0.2) is 0 Å². The number of hydrogen-bond donors (Lipinski definition) is 2. The van der Waals surface area contributed by atoms with Crippen molar-refractivity contribution in [3.8, 4) is 0 Å². The molecule has 100 valence electrons. The van der Waals surface area contributed by atoms with E-state index in [0.29, 0.717) is 17.6 Å². The van der Waals surface area contributed by atoms with Gasteiger partial charge in [0.25, 0.3) is 0 Å². The second kappa shape index (κ2) is 6.55. The van der Waals surface area contributed by atoms with Crippen LogP contribution < -0.4 is 5.32 Å². The van der Waals surface area contributed by atoms with Crippen LogP contribution in [0.2, 0.25) is 5.02 Å². The summed E-state index contributed by atoms with van der Waals surface area (Å²) < 4.78 is 0. The van der Waals surface area contributed by atoms with Crippen molar-refractivity contribution < 1.29 is 5.11 Å². The second-order valence-corrected chi connectivity index (χ2v) is 5.69. The predicted molar refractivity (Wildman–Crippen MR) is 75.8 cm³/mol. The molecule has 0 heterocycles. The predicted octanol–water partition coefficient (Wildman–Crippen LogP) is 3.54. The molecule has 0 aliphatic heterocycles. The summed E-state index contributed by atoms with van der Waals surface area (Å²) in [5.41, 5.74) is 0.810. The fraction of sp³-hybridized carbons (Fsp3) is 0.600. The van der Waals surface area contributed by atoms with Crippen molar-refractivity contribution in [3.05, 3.63) is 34.9 Å². The van der Waals surface area contributed by atoms with Crippen molar-refractivity contribution in [2.75, 3.05) is 6.54 Å². The molecule has 1 aromatic rings. The van der Waals surface area contributed by atoms with Crippen LogP contribution in [0.3, 0.4) is 0 Å². The van der Waals surface area contributed by atoms with Gasteiger partial charge in [0.15, 0.2) is 0 Å². The molecule has 1 aliphatic carbocycles. The van der Waals surface area contributed by atoms with E-state index in [9.17, 15) is 5.11 Å². The van der Waals surface area contributed by atoms with Crippen LogP contribution in [0, 0.1) is 5.92 Å². The first-order valence-electron chi connectivity index (χ1n) is 6.84. The minimum atomic E-state index is -0.525. The molecule has 18 heavy (non-hydrogen) atoms. The zero-order valence-corrected chi connectivity index (χ0v) is 11.7. The summed E-state index contributed by atoms with van der Waals surface area (Å²) in [6, 6.07) is 7.97. The quantitative estimate of drug-likeness (QED) is 0.855. The van der Waals surface area contributed by atoms with Crippen molar-refractivity contribution >= 4 is 11.6 Å². The lowest BCUT2D eigenvalue weighted by Crippen LogP contribution is -2.35. The summed E-state index contributed by atoms with van der Waals surface area (Å²) >= 11 is 6.07. The van der Waals surface area contributed by atoms with E-state index < -0.39 is 6.10 Å². The Balaban J connectivity index is 1.84. The van der Waals surface area contributed by atoms with Gasteiger partial charge in [0.1, 0.15) is 0 Å². The van der Waals surface area contributed by atoms with Crippen molar-refractivity contribution in [3.63, 3.8) is 0 Å². The Morgan fingerprint density at radius 1 is 1.33 bits per heavy atom. The minimum absolute atomic E-state index is 0.477. The number of rotatable bonds is 5. The molecule has 2 atom stereocenters. The molecule has 0 bridgehead atoms. The highest BCUT2D eigenvalue weighted by Crippen LogP contribution is 2.28. The van der Waals surface area contributed by atoms with Gasteiger partial charge >= 0.3 is 0 Å². The number of nitrogens with one attached hydrogen (secondary N) is 1. The number of benzene rings is 1. The lowest BCUT2D eigenvalue weighted by atomic mass is 9.99. The van der Waals surface area contributed by atoms with Gasteiger partial charge in [-0.2, -0.15) is 0 Å². The molecule has 2 nitrogen and oxygen atoms in total. The van der Waals surface area contributed by atoms with Gasteiger partial charge in [0.05, 0.1) is 6.10 Å². The van der Waals surface area contributed by atoms with E-state index in [1.54, 1.807) is 0 Å². The van der Waals surface area contributed by atoms with Crippen molar-refractivity contribution in [2.24, 2.45) is 5.92 Å². The van der Waals surface area contributed by atoms with Gasteiger partial charge in [-0.15, -0.1) is 0 Å². The maximum atomic E-state index is 10.1. The number of halogens is 1. The number of aliphatic hydroxyl groups is 1. The third kappa shape index (κ3) is 3.47. The molecule has 1 unspecified atom stereocenters. The highest BCUT2D eigenvalue weighted by atomic mass is 35.5. The SMILES string of the molecule is C[C@@H](NCC(O)c1ccccc1Cl)C1CCCC1. The molecule has 1 aromatic carbocycles. The molecular weight excluding hydrogens is 246 g/mol. The van der Waals surface area contributed by atoms with Crippen LogP contribution in [-0.4, -0.2) is 17.7 Å². The smallest absolute Gasteiger partial charge is 0.0928 e. The van der Waals surface area contributed by atoms with Crippen LogP contribution in [0.5, 0.6) is 0 Å². The molecule has 3 heteroatoms. The van der Waals surface area contributed by atoms with E-state index in [0.717, 1.165) is 11.5 Å². The monoisotopic (exact) mass is 267 g/mol. The molecule has 0 radical (unpaired) electrons. The molecule has 0 amide bonds. The highest BCUT2D eigenvalue weighted by Gasteiger charge is 2.22. The average molecular weight is 268 g/mol. The minimum Gasteiger partial charge on any atom is -0.387 e. The van der Waals surface area contributed by atoms with Crippen molar-refractivity contribution in [1.29, 1.82) is 0 Å². The first-order chi connectivity index (χ1) is 8.68. The van der Waals surface area contributed by atoms with Gasteiger partial charge in [0, 0.05) is 23.2 Å². The summed E-state index contributed by atoms with van der Waals surface area (Å²) in [6.45, 7) is 2.79. The summed E-state index contributed by atoms with van der Waals surface area (Å²) in [6.07, 6.45) is 4.81. The third-order valence-electron chi connectivity index (χ3n) is 4.00. The molecule has 2 N–H and O–H groups in total. The van der Waals surface area contributed by atoms with Crippen LogP contribution in [0.1, 0.15) is 44.3 Å². The second-order valence-electron chi connectivity index (χ2n) is 5.28. The van der Waals surface area contributed by atoms with E-state index in [2.05, 4.69) is 12.2 Å². The maximum absolute atomic E-state index is 10.1. The van der Waals surface area contributed by atoms with E-state index in [1.165, 1.54) is 25.7 Å². The van der Waals surface area contributed by atoms with Crippen LogP contribution in [0.25, 0.3) is 0 Å². The molecule has 1 aliphatic rings. The summed E-state index contributed by atoms with van der Waals surface area (Å²) in [7, 11) is 0. The first kappa shape index (κ1) is 13.9. The fourth-order valence-electron chi connectivity index (χ4n) is 2.78. The summed E-state index contributed by atoms with van der Waals surface area (Å²) in [5.74, 6) is 0.767. The lowest BCUT2D eigenvalue weighted by molar-refractivity contribution is 0.165. The van der Waals surface area contributed by atoms with Crippen molar-refractivity contribution in [2.45, 2.75) is 44.8 Å². The van der Waals surface area contributed by atoms with Gasteiger partial charge in [-0.1, -0.05) is 42.6 Å². The third-order valence-corrected chi connectivity index (χ3v) is 4.35. The molecule has 1 fully saturated rings. The topological polar surface area (TPSA) is 32.3 Å². The van der Waals surface area contributed by atoms with E-state index in [4.69, 9.17) is 11.6 Å². The Labute approximate surface area is 114 Å². The van der Waals surface area contributed by atoms with Crippen LogP contribution in [-0.2, 0) is 0 Å². The number of aliphatic hydroxyl groups excluding tert-OH is 1. The van der Waals surface area contributed by atoms with Gasteiger partial charge in [-0.05, 0) is 31.7 Å². The van der Waals surface area contributed by atoms with Gasteiger partial charge in [-0.3, -0.25) is 0 Å². The Bertz CT molecular complexity index is 377. The molecule has 0 spiro atoms. The van der Waals surface area contributed by atoms with E-state index in [1.807, 2.05) is 24.3 Å². The van der Waals surface area contributed by atoms with E-state index >= 15 is 0 Å². The molecule has 2 rings (SSSR count). The Hall–Kier alpha value is -0.570.